The van der Waals surface area contributed by atoms with Crippen molar-refractivity contribution in [2.75, 3.05) is 26.8 Å². The van der Waals surface area contributed by atoms with Crippen molar-refractivity contribution in [2.24, 2.45) is 0 Å². The molecule has 0 heterocycles. The summed E-state index contributed by atoms with van der Waals surface area (Å²) in [5, 5.41) is 9.00. The molecule has 19 heavy (non-hydrogen) atoms. The highest BCUT2D eigenvalue weighted by Gasteiger charge is 2.30. The van der Waals surface area contributed by atoms with Crippen molar-refractivity contribution in [1.82, 2.24) is 4.90 Å². The van der Waals surface area contributed by atoms with Gasteiger partial charge < -0.3 is 9.84 Å². The van der Waals surface area contributed by atoms with Gasteiger partial charge in [0, 0.05) is 12.6 Å². The summed E-state index contributed by atoms with van der Waals surface area (Å²) in [5.41, 5.74) is 0.256. The van der Waals surface area contributed by atoms with Gasteiger partial charge in [0.15, 0.2) is 5.78 Å². The number of aliphatic hydroxyl groups is 1. The molecule has 0 saturated heterocycles. The molecule has 0 radical (unpaired) electrons. The Morgan fingerprint density at radius 2 is 2.26 bits per heavy atom. The molecule has 0 aliphatic heterocycles. The molecule has 4 nitrogen and oxygen atoms in total. The molecule has 104 valence electrons. The number of nitrogens with zero attached hydrogens (tertiary/aromatic N) is 1. The molecule has 0 aromatic heterocycles. The van der Waals surface area contributed by atoms with E-state index in [1.165, 1.54) is 25.3 Å². The summed E-state index contributed by atoms with van der Waals surface area (Å²) in [6.45, 7) is 0.670. The quantitative estimate of drug-likeness (QED) is 0.760. The van der Waals surface area contributed by atoms with Gasteiger partial charge in [-0.15, -0.1) is 0 Å². The van der Waals surface area contributed by atoms with Crippen LogP contribution in [0.5, 0.6) is 5.75 Å². The lowest BCUT2D eigenvalue weighted by Crippen LogP contribution is -2.34. The molecule has 0 unspecified atom stereocenters. The molecule has 1 fully saturated rings. The van der Waals surface area contributed by atoms with Gasteiger partial charge in [-0.25, -0.2) is 4.39 Å². The van der Waals surface area contributed by atoms with E-state index in [4.69, 9.17) is 9.84 Å². The lowest BCUT2D eigenvalue weighted by molar-refractivity contribution is 0.0903. The summed E-state index contributed by atoms with van der Waals surface area (Å²) in [5.74, 6) is -0.257. The van der Waals surface area contributed by atoms with Gasteiger partial charge in [-0.05, 0) is 31.0 Å². The molecule has 1 aliphatic rings. The van der Waals surface area contributed by atoms with E-state index in [2.05, 4.69) is 0 Å². The second kappa shape index (κ2) is 6.12. The minimum atomic E-state index is -0.454. The van der Waals surface area contributed by atoms with E-state index in [0.29, 0.717) is 18.3 Å². The highest BCUT2D eigenvalue weighted by molar-refractivity contribution is 6.00. The minimum absolute atomic E-state index is 0.0179. The first-order chi connectivity index (χ1) is 9.15. The number of hydrogen-bond donors (Lipinski definition) is 1. The monoisotopic (exact) mass is 267 g/mol. The highest BCUT2D eigenvalue weighted by atomic mass is 19.1. The maximum atomic E-state index is 13.2. The van der Waals surface area contributed by atoms with E-state index in [1.807, 2.05) is 4.90 Å². The summed E-state index contributed by atoms with van der Waals surface area (Å²) < 4.78 is 18.3. The van der Waals surface area contributed by atoms with Crippen LogP contribution in [0.25, 0.3) is 0 Å². The maximum absolute atomic E-state index is 13.2. The molecular formula is C14H18FNO3. The van der Waals surface area contributed by atoms with Crippen molar-refractivity contribution >= 4 is 5.78 Å². The number of carbonyl (C=O) groups excluding carboxylic acids is 1. The Kier molecular flexibility index (Phi) is 4.50. The number of hydrogen-bond acceptors (Lipinski definition) is 4. The van der Waals surface area contributed by atoms with Crippen LogP contribution in [0.2, 0.25) is 0 Å². The lowest BCUT2D eigenvalue weighted by atomic mass is 10.1. The first-order valence-corrected chi connectivity index (χ1v) is 6.37. The first kappa shape index (κ1) is 14.0. The predicted molar refractivity (Wildman–Crippen MR) is 69.0 cm³/mol. The maximum Gasteiger partial charge on any atom is 0.180 e. The average Bonchev–Trinajstić information content (AvgIpc) is 3.22. The Bertz CT molecular complexity index is 460. The third-order valence-electron chi connectivity index (χ3n) is 3.26. The van der Waals surface area contributed by atoms with Gasteiger partial charge in [0.05, 0.1) is 25.8 Å². The van der Waals surface area contributed by atoms with Gasteiger partial charge in [-0.3, -0.25) is 9.69 Å². The number of ether oxygens (including phenoxy) is 1. The summed E-state index contributed by atoms with van der Waals surface area (Å²) in [7, 11) is 1.45. The fraction of sp³-hybridized carbons (Fsp3) is 0.500. The van der Waals surface area contributed by atoms with Crippen LogP contribution in [0.4, 0.5) is 4.39 Å². The molecule has 0 spiro atoms. The lowest BCUT2D eigenvalue weighted by Gasteiger charge is -2.20. The molecule has 1 N–H and O–H groups in total. The van der Waals surface area contributed by atoms with Crippen molar-refractivity contribution in [3.05, 3.63) is 29.6 Å². The fourth-order valence-corrected chi connectivity index (χ4v) is 2.13. The van der Waals surface area contributed by atoms with Crippen LogP contribution in [0.1, 0.15) is 23.2 Å². The molecule has 5 heteroatoms. The van der Waals surface area contributed by atoms with Crippen LogP contribution in [0.3, 0.4) is 0 Å². The fourth-order valence-electron chi connectivity index (χ4n) is 2.13. The van der Waals surface area contributed by atoms with E-state index in [0.717, 1.165) is 12.8 Å². The van der Waals surface area contributed by atoms with Gasteiger partial charge in [0.25, 0.3) is 0 Å². The summed E-state index contributed by atoms with van der Waals surface area (Å²) in [4.78, 5) is 14.2. The van der Waals surface area contributed by atoms with E-state index in [1.54, 1.807) is 0 Å². The van der Waals surface area contributed by atoms with E-state index in [9.17, 15) is 9.18 Å². The predicted octanol–water partition coefficient (Wildman–Crippen LogP) is 1.47. The van der Waals surface area contributed by atoms with Crippen LogP contribution < -0.4 is 4.74 Å². The molecule has 1 saturated carbocycles. The van der Waals surface area contributed by atoms with Crippen molar-refractivity contribution < 1.29 is 19.0 Å². The minimum Gasteiger partial charge on any atom is -0.496 e. The van der Waals surface area contributed by atoms with Gasteiger partial charge in [-0.1, -0.05) is 0 Å². The number of rotatable bonds is 7. The summed E-state index contributed by atoms with van der Waals surface area (Å²) in [6.07, 6.45) is 2.10. The molecular weight excluding hydrogens is 249 g/mol. The summed E-state index contributed by atoms with van der Waals surface area (Å²) >= 11 is 0. The number of Topliss-reactive ketones (excluding diaryl/α,β-unsaturated/α-hetero) is 1. The molecule has 1 aromatic rings. The Balaban J connectivity index is 2.11. The van der Waals surface area contributed by atoms with Gasteiger partial charge in [0.2, 0.25) is 0 Å². The molecule has 2 rings (SSSR count). The van der Waals surface area contributed by atoms with Gasteiger partial charge >= 0.3 is 0 Å². The van der Waals surface area contributed by atoms with Crippen molar-refractivity contribution in [3.8, 4) is 5.75 Å². The number of halogens is 1. The van der Waals surface area contributed by atoms with Crippen LogP contribution >= 0.6 is 0 Å². The van der Waals surface area contributed by atoms with E-state index >= 15 is 0 Å². The molecule has 1 aliphatic carbocycles. The zero-order chi connectivity index (χ0) is 13.8. The molecule has 0 amide bonds. The number of methoxy groups -OCH3 is 1. The Morgan fingerprint density at radius 3 is 2.84 bits per heavy atom. The third kappa shape index (κ3) is 3.52. The first-order valence-electron chi connectivity index (χ1n) is 6.37. The van der Waals surface area contributed by atoms with Crippen LogP contribution in [0, 0.1) is 5.82 Å². The number of benzene rings is 1. The normalized spacial score (nSPS) is 14.7. The standard InChI is InChI=1S/C14H18FNO3/c1-19-14-5-2-10(15)8-12(14)13(18)9-16(6-7-17)11-3-4-11/h2,5,8,11,17H,3-4,6-7,9H2,1H3. The number of aliphatic hydroxyl groups excluding tert-OH is 1. The van der Waals surface area contributed by atoms with Crippen LogP contribution in [-0.2, 0) is 0 Å². The highest BCUT2D eigenvalue weighted by Crippen LogP contribution is 2.27. The molecule has 0 atom stereocenters. The number of carbonyl (C=O) groups is 1. The second-order valence-corrected chi connectivity index (χ2v) is 4.69. The topological polar surface area (TPSA) is 49.8 Å². The largest absolute Gasteiger partial charge is 0.496 e. The Labute approximate surface area is 111 Å². The Morgan fingerprint density at radius 1 is 1.53 bits per heavy atom. The zero-order valence-corrected chi connectivity index (χ0v) is 10.9. The molecule has 1 aromatic carbocycles. The second-order valence-electron chi connectivity index (χ2n) is 4.69. The summed E-state index contributed by atoms with van der Waals surface area (Å²) in [6, 6.07) is 4.29. The average molecular weight is 267 g/mol. The zero-order valence-electron chi connectivity index (χ0n) is 10.9. The van der Waals surface area contributed by atoms with Gasteiger partial charge in [0.1, 0.15) is 11.6 Å². The SMILES string of the molecule is COc1ccc(F)cc1C(=O)CN(CCO)C1CC1. The van der Waals surface area contributed by atoms with E-state index in [-0.39, 0.29) is 24.5 Å². The Hall–Kier alpha value is -1.46. The van der Waals surface area contributed by atoms with Crippen molar-refractivity contribution in [3.63, 3.8) is 0 Å². The molecule has 0 bridgehead atoms. The van der Waals surface area contributed by atoms with Crippen molar-refractivity contribution in [2.45, 2.75) is 18.9 Å². The third-order valence-corrected chi connectivity index (χ3v) is 3.26. The number of ketones is 1. The van der Waals surface area contributed by atoms with E-state index < -0.39 is 5.82 Å². The van der Waals surface area contributed by atoms with Crippen LogP contribution in [0.15, 0.2) is 18.2 Å². The van der Waals surface area contributed by atoms with Crippen LogP contribution in [-0.4, -0.2) is 48.6 Å². The smallest absolute Gasteiger partial charge is 0.180 e. The van der Waals surface area contributed by atoms with Gasteiger partial charge in [-0.2, -0.15) is 0 Å². The van der Waals surface area contributed by atoms with Crippen molar-refractivity contribution in [1.29, 1.82) is 0 Å².